The molecular formula is C28H30BrNO5. The molecule has 6 nitrogen and oxygen atoms in total. The minimum absolute atomic E-state index is 0.0413. The van der Waals surface area contributed by atoms with E-state index in [1.807, 2.05) is 62.4 Å². The highest BCUT2D eigenvalue weighted by molar-refractivity contribution is 9.10. The molecule has 1 aliphatic heterocycles. The molecule has 184 valence electrons. The summed E-state index contributed by atoms with van der Waals surface area (Å²) in [6.07, 6.45) is 1.07. The van der Waals surface area contributed by atoms with Crippen molar-refractivity contribution in [2.24, 2.45) is 0 Å². The van der Waals surface area contributed by atoms with E-state index in [2.05, 4.69) is 21.2 Å². The molecule has 4 rings (SSSR count). The van der Waals surface area contributed by atoms with Gasteiger partial charge in [0.05, 0.1) is 19.3 Å². The molecule has 0 aromatic heterocycles. The van der Waals surface area contributed by atoms with Crippen LogP contribution in [0.15, 0.2) is 75.5 Å². The van der Waals surface area contributed by atoms with Gasteiger partial charge in [0.25, 0.3) is 0 Å². The summed E-state index contributed by atoms with van der Waals surface area (Å²) in [4.78, 5) is 26.9. The first-order valence-electron chi connectivity index (χ1n) is 11.8. The Morgan fingerprint density at radius 1 is 1.03 bits per heavy atom. The van der Waals surface area contributed by atoms with E-state index in [-0.39, 0.29) is 18.3 Å². The zero-order chi connectivity index (χ0) is 24.9. The predicted molar refractivity (Wildman–Crippen MR) is 137 cm³/mol. The number of allylic oxidation sites excluding steroid dienone is 3. The summed E-state index contributed by atoms with van der Waals surface area (Å²) in [5.41, 5.74) is 4.68. The number of ketones is 1. The van der Waals surface area contributed by atoms with Crippen molar-refractivity contribution < 1.29 is 23.8 Å². The minimum atomic E-state index is -0.483. The molecule has 0 spiro atoms. The highest BCUT2D eigenvalue weighted by Crippen LogP contribution is 2.46. The van der Waals surface area contributed by atoms with Crippen LogP contribution in [-0.2, 0) is 19.1 Å². The van der Waals surface area contributed by atoms with Crippen molar-refractivity contribution in [3.8, 4) is 5.75 Å². The van der Waals surface area contributed by atoms with Gasteiger partial charge < -0.3 is 19.5 Å². The summed E-state index contributed by atoms with van der Waals surface area (Å²) in [6, 6.07) is 15.6. The molecule has 0 radical (unpaired) electrons. The number of rotatable bonds is 8. The number of carbonyl (C=O) groups excluding carboxylic acids is 2. The second-order valence-electron chi connectivity index (χ2n) is 8.67. The van der Waals surface area contributed by atoms with Crippen LogP contribution < -0.4 is 10.1 Å². The Balaban J connectivity index is 1.69. The Morgan fingerprint density at radius 3 is 2.37 bits per heavy atom. The number of halogens is 1. The van der Waals surface area contributed by atoms with Gasteiger partial charge in [-0.05, 0) is 61.6 Å². The lowest BCUT2D eigenvalue weighted by Gasteiger charge is -2.36. The van der Waals surface area contributed by atoms with Gasteiger partial charge in [-0.25, -0.2) is 4.79 Å². The van der Waals surface area contributed by atoms with E-state index in [1.54, 1.807) is 7.11 Å². The third-order valence-corrected chi connectivity index (χ3v) is 7.03. The number of hydrogen-bond acceptors (Lipinski definition) is 6. The van der Waals surface area contributed by atoms with E-state index in [4.69, 9.17) is 14.2 Å². The van der Waals surface area contributed by atoms with Crippen molar-refractivity contribution in [2.45, 2.75) is 38.5 Å². The van der Waals surface area contributed by atoms with Crippen LogP contribution in [0.25, 0.3) is 0 Å². The molecule has 1 heterocycles. The topological polar surface area (TPSA) is 73.9 Å². The molecule has 2 aliphatic rings. The number of carbonyl (C=O) groups is 2. The summed E-state index contributed by atoms with van der Waals surface area (Å²) < 4.78 is 17.1. The van der Waals surface area contributed by atoms with Crippen molar-refractivity contribution in [1.29, 1.82) is 0 Å². The fraction of sp³-hybridized carbons (Fsp3) is 0.357. The van der Waals surface area contributed by atoms with Crippen LogP contribution in [0.2, 0.25) is 0 Å². The molecule has 0 saturated carbocycles. The van der Waals surface area contributed by atoms with Crippen molar-refractivity contribution in [2.75, 3.05) is 26.9 Å². The van der Waals surface area contributed by atoms with Gasteiger partial charge in [-0.3, -0.25) is 4.79 Å². The first-order chi connectivity index (χ1) is 16.9. The Kier molecular flexibility index (Phi) is 8.08. The van der Waals surface area contributed by atoms with E-state index in [0.29, 0.717) is 42.9 Å². The number of ether oxygens (including phenoxy) is 3. The van der Waals surface area contributed by atoms with E-state index in [1.165, 1.54) is 0 Å². The number of hydrogen-bond donors (Lipinski definition) is 1. The third kappa shape index (κ3) is 5.52. The van der Waals surface area contributed by atoms with Gasteiger partial charge in [-0.1, -0.05) is 40.2 Å². The lowest BCUT2D eigenvalue weighted by Crippen LogP contribution is -2.36. The monoisotopic (exact) mass is 539 g/mol. The average Bonchev–Trinajstić information content (AvgIpc) is 2.86. The van der Waals surface area contributed by atoms with Gasteiger partial charge in [-0.15, -0.1) is 0 Å². The highest BCUT2D eigenvalue weighted by atomic mass is 79.9. The van der Waals surface area contributed by atoms with Gasteiger partial charge >= 0.3 is 5.97 Å². The molecule has 0 unspecified atom stereocenters. The SMILES string of the molecule is CCOCCOC(=O)C1=C(C)NC2=C(C(=O)C[C@H](c3ccc(OC)cc3)C2)[C@H]1c1ccc(Br)cc1. The maximum atomic E-state index is 13.6. The molecule has 2 atom stereocenters. The van der Waals surface area contributed by atoms with Crippen molar-refractivity contribution >= 4 is 27.7 Å². The van der Waals surface area contributed by atoms with Gasteiger partial charge in [-0.2, -0.15) is 0 Å². The van der Waals surface area contributed by atoms with Crippen LogP contribution >= 0.6 is 15.9 Å². The largest absolute Gasteiger partial charge is 0.497 e. The molecule has 0 amide bonds. The van der Waals surface area contributed by atoms with E-state index in [0.717, 1.165) is 27.0 Å². The van der Waals surface area contributed by atoms with Gasteiger partial charge in [0.1, 0.15) is 12.4 Å². The Bertz CT molecular complexity index is 1150. The molecule has 35 heavy (non-hydrogen) atoms. The molecule has 0 fully saturated rings. The fourth-order valence-corrected chi connectivity index (χ4v) is 5.09. The number of nitrogens with one attached hydrogen (secondary N) is 1. The van der Waals surface area contributed by atoms with Gasteiger partial charge in [0.15, 0.2) is 5.78 Å². The summed E-state index contributed by atoms with van der Waals surface area (Å²) in [6.45, 7) is 4.82. The molecule has 1 N–H and O–H groups in total. The molecule has 0 saturated heterocycles. The number of Topliss-reactive ketones (excluding diaryl/α,β-unsaturated/α-hetero) is 1. The lowest BCUT2D eigenvalue weighted by atomic mass is 9.72. The van der Waals surface area contributed by atoms with Crippen LogP contribution in [0, 0.1) is 0 Å². The number of esters is 1. The first-order valence-corrected chi connectivity index (χ1v) is 12.6. The average molecular weight is 540 g/mol. The zero-order valence-electron chi connectivity index (χ0n) is 20.2. The van der Waals surface area contributed by atoms with Crippen LogP contribution in [0.1, 0.15) is 49.7 Å². The Hall–Kier alpha value is -2.90. The highest BCUT2D eigenvalue weighted by Gasteiger charge is 2.41. The molecular weight excluding hydrogens is 510 g/mol. The van der Waals surface area contributed by atoms with Crippen LogP contribution in [0.3, 0.4) is 0 Å². The van der Waals surface area contributed by atoms with Crippen LogP contribution in [0.5, 0.6) is 5.75 Å². The number of methoxy groups -OCH3 is 1. The second-order valence-corrected chi connectivity index (χ2v) is 9.59. The van der Waals surface area contributed by atoms with Gasteiger partial charge in [0.2, 0.25) is 0 Å². The number of benzene rings is 2. The predicted octanol–water partition coefficient (Wildman–Crippen LogP) is 5.40. The summed E-state index contributed by atoms with van der Waals surface area (Å²) in [5.74, 6) is -0.0343. The fourth-order valence-electron chi connectivity index (χ4n) is 4.83. The van der Waals surface area contributed by atoms with E-state index in [9.17, 15) is 9.59 Å². The maximum Gasteiger partial charge on any atom is 0.336 e. The maximum absolute atomic E-state index is 13.6. The van der Waals surface area contributed by atoms with Crippen molar-refractivity contribution in [3.05, 3.63) is 86.7 Å². The smallest absolute Gasteiger partial charge is 0.336 e. The second kappa shape index (κ2) is 11.2. The van der Waals surface area contributed by atoms with Gasteiger partial charge in [0, 0.05) is 40.4 Å². The summed E-state index contributed by atoms with van der Waals surface area (Å²) in [5, 5.41) is 3.39. The molecule has 2 aromatic carbocycles. The third-order valence-electron chi connectivity index (χ3n) is 6.50. The summed E-state index contributed by atoms with van der Waals surface area (Å²) in [7, 11) is 1.64. The van der Waals surface area contributed by atoms with Crippen LogP contribution in [-0.4, -0.2) is 38.7 Å². The van der Waals surface area contributed by atoms with Crippen LogP contribution in [0.4, 0.5) is 0 Å². The lowest BCUT2D eigenvalue weighted by molar-refractivity contribution is -0.140. The Labute approximate surface area is 214 Å². The summed E-state index contributed by atoms with van der Waals surface area (Å²) >= 11 is 3.48. The van der Waals surface area contributed by atoms with E-state index >= 15 is 0 Å². The Morgan fingerprint density at radius 2 is 1.71 bits per heavy atom. The van der Waals surface area contributed by atoms with Crippen molar-refractivity contribution in [1.82, 2.24) is 5.32 Å². The molecule has 0 bridgehead atoms. The number of dihydropyridines is 1. The quantitative estimate of drug-likeness (QED) is 0.357. The molecule has 2 aromatic rings. The standard InChI is InChI=1S/C28H30BrNO5/c1-4-34-13-14-35-28(32)25-17(2)30-23-15-20(18-7-11-22(33-3)12-8-18)16-24(31)27(23)26(25)19-5-9-21(29)10-6-19/h5-12,20,26,30H,4,13-16H2,1-3H3/t20-,26+/m1/s1. The molecule has 1 aliphatic carbocycles. The minimum Gasteiger partial charge on any atom is -0.497 e. The van der Waals surface area contributed by atoms with E-state index < -0.39 is 11.9 Å². The first kappa shape index (κ1) is 25.2. The normalized spacial score (nSPS) is 19.8. The van der Waals surface area contributed by atoms with Crippen molar-refractivity contribution in [3.63, 3.8) is 0 Å². The molecule has 7 heteroatoms. The zero-order valence-corrected chi connectivity index (χ0v) is 21.8.